The molecule has 0 fully saturated rings. The van der Waals surface area contributed by atoms with Gasteiger partial charge in [-0.25, -0.2) is 10.4 Å². The molecule has 0 atom stereocenters. The zero-order valence-electron chi connectivity index (χ0n) is 14.9. The maximum Gasteiger partial charge on any atom is 0.250 e. The Hall–Kier alpha value is -2.96. The predicted molar refractivity (Wildman–Crippen MR) is 118 cm³/mol. The van der Waals surface area contributed by atoms with Gasteiger partial charge in [0.25, 0.3) is 5.91 Å². The van der Waals surface area contributed by atoms with Gasteiger partial charge in [-0.2, -0.15) is 5.10 Å². The monoisotopic (exact) mass is 403 g/mol. The lowest BCUT2D eigenvalue weighted by molar-refractivity contribution is -0.118. The molecule has 4 rings (SSSR count). The second-order valence-corrected chi connectivity index (χ2v) is 8.27. The van der Waals surface area contributed by atoms with E-state index in [1.54, 1.807) is 17.6 Å². The fourth-order valence-corrected chi connectivity index (χ4v) is 4.50. The van der Waals surface area contributed by atoms with Crippen molar-refractivity contribution in [3.63, 3.8) is 0 Å². The molecule has 0 saturated heterocycles. The molecule has 0 bridgehead atoms. The number of thioether (sulfide) groups is 1. The first-order valence-electron chi connectivity index (χ1n) is 8.74. The number of amides is 1. The topological polar surface area (TPSA) is 54.4 Å². The molecule has 0 aliphatic rings. The van der Waals surface area contributed by atoms with Gasteiger partial charge in [-0.3, -0.25) is 4.79 Å². The molecule has 0 radical (unpaired) electrons. The van der Waals surface area contributed by atoms with Crippen molar-refractivity contribution in [2.24, 2.45) is 5.10 Å². The van der Waals surface area contributed by atoms with Crippen LogP contribution in [0.4, 0.5) is 0 Å². The molecule has 4 nitrogen and oxygen atoms in total. The molecule has 138 valence electrons. The highest BCUT2D eigenvalue weighted by Gasteiger charge is 2.06. The van der Waals surface area contributed by atoms with E-state index in [1.807, 2.05) is 66.7 Å². The molecule has 3 aromatic carbocycles. The standard InChI is InChI=1S/C22H17N3OS2/c26-21(15-27-22-24-19-8-4-5-9-20(19)28-22)25-23-14-16-10-12-18(13-11-16)17-6-2-1-3-7-17/h1-14H,15H2,(H,25,26)/b23-14+. The predicted octanol–water partition coefficient (Wildman–Crippen LogP) is 5.21. The number of hydrogen-bond donors (Lipinski definition) is 1. The fraction of sp³-hybridized carbons (Fsp3) is 0.0455. The minimum absolute atomic E-state index is 0.151. The molecule has 0 spiro atoms. The number of rotatable bonds is 6. The molecule has 1 amide bonds. The van der Waals surface area contributed by atoms with Crippen LogP contribution >= 0.6 is 23.1 Å². The van der Waals surface area contributed by atoms with E-state index < -0.39 is 0 Å². The van der Waals surface area contributed by atoms with Crippen LogP contribution in [0.15, 0.2) is 88.3 Å². The van der Waals surface area contributed by atoms with Crippen molar-refractivity contribution in [2.75, 3.05) is 5.75 Å². The van der Waals surface area contributed by atoms with Crippen LogP contribution in [0.3, 0.4) is 0 Å². The van der Waals surface area contributed by atoms with Crippen LogP contribution in [0.5, 0.6) is 0 Å². The normalized spacial score (nSPS) is 11.1. The minimum atomic E-state index is -0.151. The maximum atomic E-state index is 12.0. The second kappa shape index (κ2) is 8.82. The van der Waals surface area contributed by atoms with Crippen molar-refractivity contribution < 1.29 is 4.79 Å². The van der Waals surface area contributed by atoms with Gasteiger partial charge < -0.3 is 0 Å². The molecule has 6 heteroatoms. The lowest BCUT2D eigenvalue weighted by Crippen LogP contribution is -2.19. The number of carbonyl (C=O) groups is 1. The van der Waals surface area contributed by atoms with Crippen LogP contribution in [0, 0.1) is 0 Å². The molecule has 0 unspecified atom stereocenters. The van der Waals surface area contributed by atoms with E-state index in [0.29, 0.717) is 0 Å². The highest BCUT2D eigenvalue weighted by Crippen LogP contribution is 2.29. The lowest BCUT2D eigenvalue weighted by Gasteiger charge is -2.02. The molecule has 0 aliphatic heterocycles. The Kier molecular flexibility index (Phi) is 5.80. The van der Waals surface area contributed by atoms with Crippen LogP contribution in [-0.4, -0.2) is 22.9 Å². The first kappa shape index (κ1) is 18.4. The van der Waals surface area contributed by atoms with Crippen LogP contribution in [0.1, 0.15) is 5.56 Å². The van der Waals surface area contributed by atoms with Crippen molar-refractivity contribution in [1.82, 2.24) is 10.4 Å². The number of nitrogens with one attached hydrogen (secondary N) is 1. The second-order valence-electron chi connectivity index (χ2n) is 6.02. The summed E-state index contributed by atoms with van der Waals surface area (Å²) in [6, 6.07) is 26.2. The SMILES string of the molecule is O=C(CSc1nc2ccccc2s1)N/N=C/c1ccc(-c2ccccc2)cc1. The van der Waals surface area contributed by atoms with Gasteiger partial charge in [0.2, 0.25) is 0 Å². The number of hydrazone groups is 1. The Morgan fingerprint density at radius 2 is 1.68 bits per heavy atom. The molecule has 1 N–H and O–H groups in total. The van der Waals surface area contributed by atoms with Crippen molar-refractivity contribution >= 4 is 45.4 Å². The van der Waals surface area contributed by atoms with Gasteiger partial charge in [-0.15, -0.1) is 11.3 Å². The van der Waals surface area contributed by atoms with Crippen LogP contribution in [0.2, 0.25) is 0 Å². The number of para-hydroxylation sites is 1. The summed E-state index contributed by atoms with van der Waals surface area (Å²) in [5, 5.41) is 4.04. The van der Waals surface area contributed by atoms with Gasteiger partial charge in [0, 0.05) is 0 Å². The molecule has 0 saturated carbocycles. The number of aromatic nitrogens is 1. The summed E-state index contributed by atoms with van der Waals surface area (Å²) in [7, 11) is 0. The van der Waals surface area contributed by atoms with Gasteiger partial charge in [-0.05, 0) is 28.8 Å². The van der Waals surface area contributed by atoms with Gasteiger partial charge in [0.15, 0.2) is 4.34 Å². The molecule has 1 heterocycles. The van der Waals surface area contributed by atoms with Gasteiger partial charge in [-0.1, -0.05) is 78.5 Å². The number of fused-ring (bicyclic) bond motifs is 1. The molecular formula is C22H17N3OS2. The first-order valence-corrected chi connectivity index (χ1v) is 10.5. The Bertz CT molecular complexity index is 1070. The van der Waals surface area contributed by atoms with Gasteiger partial charge >= 0.3 is 0 Å². The number of benzene rings is 3. The quantitative estimate of drug-likeness (QED) is 0.273. The third-order valence-electron chi connectivity index (χ3n) is 4.02. The fourth-order valence-electron chi connectivity index (χ4n) is 2.64. The Morgan fingerprint density at radius 1 is 0.964 bits per heavy atom. The molecule has 1 aromatic heterocycles. The molecular weight excluding hydrogens is 386 g/mol. The summed E-state index contributed by atoms with van der Waals surface area (Å²) in [6.07, 6.45) is 1.65. The van der Waals surface area contributed by atoms with Crippen molar-refractivity contribution in [1.29, 1.82) is 0 Å². The zero-order valence-corrected chi connectivity index (χ0v) is 16.5. The average molecular weight is 404 g/mol. The third-order valence-corrected chi connectivity index (χ3v) is 6.20. The van der Waals surface area contributed by atoms with E-state index in [0.717, 1.165) is 25.7 Å². The zero-order chi connectivity index (χ0) is 19.2. The smallest absolute Gasteiger partial charge is 0.250 e. The number of nitrogens with zero attached hydrogens (tertiary/aromatic N) is 2. The highest BCUT2D eigenvalue weighted by atomic mass is 32.2. The van der Waals surface area contributed by atoms with Crippen LogP contribution in [0.25, 0.3) is 21.3 Å². The number of hydrogen-bond acceptors (Lipinski definition) is 5. The number of thiazole rings is 1. The summed E-state index contributed by atoms with van der Waals surface area (Å²) >= 11 is 3.01. The minimum Gasteiger partial charge on any atom is -0.272 e. The van der Waals surface area contributed by atoms with Crippen LogP contribution < -0.4 is 5.43 Å². The van der Waals surface area contributed by atoms with Crippen molar-refractivity contribution in [3.05, 3.63) is 84.4 Å². The summed E-state index contributed by atoms with van der Waals surface area (Å²) in [5.74, 6) is 0.130. The molecule has 4 aromatic rings. The third kappa shape index (κ3) is 4.65. The van der Waals surface area contributed by atoms with E-state index in [-0.39, 0.29) is 11.7 Å². The van der Waals surface area contributed by atoms with E-state index in [2.05, 4.69) is 27.6 Å². The number of carbonyl (C=O) groups excluding carboxylic acids is 1. The summed E-state index contributed by atoms with van der Waals surface area (Å²) in [5.41, 5.74) is 6.78. The maximum absolute atomic E-state index is 12.0. The van der Waals surface area contributed by atoms with Crippen LogP contribution in [-0.2, 0) is 4.79 Å². The average Bonchev–Trinajstić information content (AvgIpc) is 3.16. The van der Waals surface area contributed by atoms with E-state index in [4.69, 9.17) is 0 Å². The summed E-state index contributed by atoms with van der Waals surface area (Å²) in [4.78, 5) is 16.5. The largest absolute Gasteiger partial charge is 0.272 e. The van der Waals surface area contributed by atoms with E-state index in [1.165, 1.54) is 17.3 Å². The van der Waals surface area contributed by atoms with Gasteiger partial charge in [0.05, 0.1) is 22.2 Å². The molecule has 0 aliphatic carbocycles. The summed E-state index contributed by atoms with van der Waals surface area (Å²) < 4.78 is 2.01. The van der Waals surface area contributed by atoms with E-state index in [9.17, 15) is 4.79 Å². The van der Waals surface area contributed by atoms with Gasteiger partial charge in [0.1, 0.15) is 0 Å². The Labute approximate surface area is 171 Å². The van der Waals surface area contributed by atoms with Crippen molar-refractivity contribution in [3.8, 4) is 11.1 Å². The first-order chi connectivity index (χ1) is 13.8. The Balaban J connectivity index is 1.28. The molecule has 28 heavy (non-hydrogen) atoms. The van der Waals surface area contributed by atoms with Crippen molar-refractivity contribution in [2.45, 2.75) is 4.34 Å². The highest BCUT2D eigenvalue weighted by molar-refractivity contribution is 8.01. The van der Waals surface area contributed by atoms with E-state index >= 15 is 0 Å². The summed E-state index contributed by atoms with van der Waals surface area (Å²) in [6.45, 7) is 0. The lowest BCUT2D eigenvalue weighted by atomic mass is 10.0. The Morgan fingerprint density at radius 3 is 2.46 bits per heavy atom.